The number of sulfone groups is 2. The van der Waals surface area contributed by atoms with E-state index in [1.807, 2.05) is 9.44 Å². The monoisotopic (exact) mass is 1930 g/mol. The van der Waals surface area contributed by atoms with Gasteiger partial charge in [0.05, 0.1) is 67.8 Å². The largest absolute Gasteiger partial charge is 0.435 e. The standard InChI is InChI=1S/2C39H32ClF10N7O5S2/c2*1-36(2,63(3,59)60)10-9-21-5-6-22(23-7-8-26(40)30-32(23)57(17-37(43,44)45)54-35(30)55-64(4,61)62)31(51-21)27(13-18-11-19(41)14-20(42)12-18)52-28(58)16-56-34-29(33(53-56)39(48,49)50)24-15-25(24)38(34,46)47/h2*5-8,11-12,14,24-25,27H,13,15-17H2,1-4H3,(H,52,58)(H,54,55)/t2*24-,25+,27-/m00/s1. The molecule has 0 unspecified atom stereocenters. The minimum atomic E-state index is -5.19. The van der Waals surface area contributed by atoms with Crippen LogP contribution in [0.1, 0.15) is 132 Å². The van der Waals surface area contributed by atoms with Gasteiger partial charge in [-0.1, -0.05) is 47.2 Å². The van der Waals surface area contributed by atoms with Crippen molar-refractivity contribution in [2.24, 2.45) is 11.8 Å². The highest BCUT2D eigenvalue weighted by Crippen LogP contribution is 2.70. The molecule has 6 heterocycles. The molecule has 4 aliphatic carbocycles. The second-order valence-corrected chi connectivity index (χ2v) is 41.3. The van der Waals surface area contributed by atoms with Crippen LogP contribution >= 0.6 is 23.2 Å². The maximum absolute atomic E-state index is 15.5. The van der Waals surface area contributed by atoms with Gasteiger partial charge in [0.1, 0.15) is 81.7 Å². The molecule has 50 heteroatoms. The molecular formula is C78H64Cl2F20N14O10S4. The number of anilines is 2. The molecule has 14 rings (SSSR count). The topological polar surface area (TPSA) is 316 Å². The number of fused-ring (bicyclic) bond motifs is 8. The lowest BCUT2D eigenvalue weighted by atomic mass is 9.93. The second-order valence-electron chi connectivity index (χ2n) is 31.8. The summed E-state index contributed by atoms with van der Waals surface area (Å²) in [5, 5.41) is 18.0. The zero-order valence-corrected chi connectivity index (χ0v) is 71.5. The van der Waals surface area contributed by atoms with E-state index in [4.69, 9.17) is 23.2 Å². The predicted octanol–water partition coefficient (Wildman–Crippen LogP) is 15.3. The molecule has 6 atom stereocenters. The van der Waals surface area contributed by atoms with E-state index in [-0.39, 0.29) is 99.2 Å². The number of halogens is 22. The van der Waals surface area contributed by atoms with Gasteiger partial charge in [-0.2, -0.15) is 90.6 Å². The zero-order valence-electron chi connectivity index (χ0n) is 66.7. The molecule has 684 valence electrons. The number of carbonyl (C=O) groups excluding carboxylic acids is 2. The van der Waals surface area contributed by atoms with Crippen molar-refractivity contribution in [1.82, 2.24) is 59.7 Å². The molecule has 0 spiro atoms. The van der Waals surface area contributed by atoms with Gasteiger partial charge in [-0.05, 0) is 149 Å². The van der Waals surface area contributed by atoms with Gasteiger partial charge in [0.15, 0.2) is 42.7 Å². The molecule has 4 aromatic carbocycles. The maximum Gasteiger partial charge on any atom is 0.435 e. The Balaban J connectivity index is 0.000000219. The van der Waals surface area contributed by atoms with Crippen molar-refractivity contribution in [3.8, 4) is 45.9 Å². The summed E-state index contributed by atoms with van der Waals surface area (Å²) in [5.41, 5.74) is -10.3. The van der Waals surface area contributed by atoms with E-state index < -0.39 is 252 Å². The number of pyridine rings is 2. The molecule has 128 heavy (non-hydrogen) atoms. The van der Waals surface area contributed by atoms with Crippen LogP contribution < -0.4 is 20.1 Å². The maximum atomic E-state index is 15.5. The number of amides is 2. The molecule has 0 saturated heterocycles. The van der Waals surface area contributed by atoms with Crippen molar-refractivity contribution in [2.75, 3.05) is 34.5 Å². The molecule has 2 fully saturated rings. The number of nitrogens with one attached hydrogen (secondary N) is 4. The number of sulfonamides is 2. The van der Waals surface area contributed by atoms with Gasteiger partial charge in [0.25, 0.3) is 11.8 Å². The quantitative estimate of drug-likeness (QED) is 0.0362. The van der Waals surface area contributed by atoms with Gasteiger partial charge in [0, 0.05) is 69.9 Å². The second kappa shape index (κ2) is 32.7. The number of hydrogen-bond acceptors (Lipinski definition) is 16. The summed E-state index contributed by atoms with van der Waals surface area (Å²) in [4.78, 5) is 37.0. The van der Waals surface area contributed by atoms with E-state index in [2.05, 4.69) is 64.7 Å². The van der Waals surface area contributed by atoms with Crippen LogP contribution in [0.25, 0.3) is 44.1 Å². The van der Waals surface area contributed by atoms with E-state index in [1.54, 1.807) is 0 Å². The lowest BCUT2D eigenvalue weighted by molar-refractivity contribution is -0.143. The Morgan fingerprint density at radius 2 is 0.797 bits per heavy atom. The number of nitrogens with zero attached hydrogens (tertiary/aromatic N) is 10. The number of carbonyl (C=O) groups is 2. The fourth-order valence-corrected chi connectivity index (χ4v) is 17.0. The molecule has 6 aromatic heterocycles. The van der Waals surface area contributed by atoms with Gasteiger partial charge in [-0.3, -0.25) is 37.8 Å². The number of alkyl halides is 16. The number of rotatable bonds is 22. The lowest BCUT2D eigenvalue weighted by Crippen LogP contribution is -2.35. The van der Waals surface area contributed by atoms with Gasteiger partial charge < -0.3 is 10.6 Å². The lowest BCUT2D eigenvalue weighted by Gasteiger charge is -2.23. The van der Waals surface area contributed by atoms with Gasteiger partial charge in [-0.25, -0.2) is 61.2 Å². The highest BCUT2D eigenvalue weighted by Gasteiger charge is 2.70. The Hall–Kier alpha value is -10.8. The summed E-state index contributed by atoms with van der Waals surface area (Å²) >= 11 is 12.9. The first kappa shape index (κ1) is 94.8. The summed E-state index contributed by atoms with van der Waals surface area (Å²) in [6, 6.07) is 10.5. The molecular weight excluding hydrogens is 1870 g/mol. The van der Waals surface area contributed by atoms with Crippen molar-refractivity contribution in [1.29, 1.82) is 0 Å². The van der Waals surface area contributed by atoms with Crippen molar-refractivity contribution >= 4 is 108 Å². The molecule has 2 amide bonds. The fourth-order valence-electron chi connectivity index (χ4n) is 15.0. The Labute approximate surface area is 722 Å². The highest BCUT2D eigenvalue weighted by atomic mass is 35.5. The first-order chi connectivity index (χ1) is 58.7. The van der Waals surface area contributed by atoms with Gasteiger partial charge in [0.2, 0.25) is 31.9 Å². The van der Waals surface area contributed by atoms with Crippen LogP contribution in [-0.4, -0.2) is 141 Å². The molecule has 24 nitrogen and oxygen atoms in total. The van der Waals surface area contributed by atoms with Crippen LogP contribution in [-0.2, 0) is 113 Å². The van der Waals surface area contributed by atoms with Crippen LogP contribution in [0, 0.1) is 58.8 Å². The SMILES string of the molecule is CC(C)(C#Cc1ccc(-c2ccc(Cl)c3c(NS(C)(=O)=O)nn(CC(F)(F)F)c23)c([C@H](Cc2cc(F)cc(F)c2)NC(=O)Cn2nc(C(F)(F)F)c3c2C(F)(F)[C@@H]2C[C@H]32)n1)S(C)(=O)=O.CC(C)(C#Cc1ccc(-c2ccc(Cl)c3c(NS(C)(=O)=O)nn(CC(F)(F)F)c23)c([C@H](Cc2cc(F)cc(F)c2)NC(=O)Cn2nc(C(F)(F)F)c3c2C(F)(F)[C@@H]2C[C@H]32)n1)S(C)(=O)=O. The minimum absolute atomic E-state index is 0.195. The smallest absolute Gasteiger partial charge is 0.346 e. The van der Waals surface area contributed by atoms with Crippen molar-refractivity contribution in [3.05, 3.63) is 186 Å². The average molecular weight is 1940 g/mol. The number of hydrogen-bond donors (Lipinski definition) is 4. The average Bonchev–Trinajstić information content (AvgIpc) is 1.52. The Kier molecular flexibility index (Phi) is 24.2. The molecule has 2 saturated carbocycles. The van der Waals surface area contributed by atoms with Crippen LogP contribution in [0.15, 0.2) is 84.9 Å². The molecule has 4 aliphatic rings. The first-order valence-corrected chi connectivity index (χ1v) is 45.6. The van der Waals surface area contributed by atoms with Crippen LogP contribution in [0.5, 0.6) is 0 Å². The van der Waals surface area contributed by atoms with E-state index in [0.29, 0.717) is 34.0 Å². The van der Waals surface area contributed by atoms with Crippen LogP contribution in [0.3, 0.4) is 0 Å². The third-order valence-electron chi connectivity index (χ3n) is 21.2. The Morgan fingerprint density at radius 3 is 1.09 bits per heavy atom. The molecule has 10 aromatic rings. The third kappa shape index (κ3) is 19.8. The predicted molar refractivity (Wildman–Crippen MR) is 422 cm³/mol. The van der Waals surface area contributed by atoms with Crippen LogP contribution in [0.2, 0.25) is 10.0 Å². The summed E-state index contributed by atoms with van der Waals surface area (Å²) in [6.07, 6.45) is -18.9. The van der Waals surface area contributed by atoms with Crippen LogP contribution in [0.4, 0.5) is 99.4 Å². The summed E-state index contributed by atoms with van der Waals surface area (Å²) in [6.45, 7) is -1.09. The fraction of sp³-hybridized carbons (Fsp3) is 0.385. The Bertz CT molecular complexity index is 6460. The van der Waals surface area contributed by atoms with Gasteiger partial charge >= 0.3 is 24.7 Å². The van der Waals surface area contributed by atoms with E-state index in [0.717, 1.165) is 48.9 Å². The molecule has 4 N–H and O–H groups in total. The molecule has 0 aliphatic heterocycles. The zero-order chi connectivity index (χ0) is 94.5. The molecule has 0 radical (unpaired) electrons. The first-order valence-electron chi connectivity index (χ1n) is 37.3. The summed E-state index contributed by atoms with van der Waals surface area (Å²) in [5.74, 6) is -10.9. The normalized spacial score (nSPS) is 17.7. The van der Waals surface area contributed by atoms with E-state index >= 15 is 17.6 Å². The summed E-state index contributed by atoms with van der Waals surface area (Å²) in [7, 11) is -16.1. The van der Waals surface area contributed by atoms with Crippen molar-refractivity contribution < 1.29 is 131 Å². The molecule has 0 bridgehead atoms. The minimum Gasteiger partial charge on any atom is -0.346 e. The third-order valence-corrected chi connectivity index (χ3v) is 26.9. The number of benzene rings is 4. The summed E-state index contributed by atoms with van der Waals surface area (Å²) < 4.78 is 391. The van der Waals surface area contributed by atoms with E-state index in [9.17, 15) is 114 Å². The van der Waals surface area contributed by atoms with Crippen molar-refractivity contribution in [3.63, 3.8) is 0 Å². The highest BCUT2D eigenvalue weighted by molar-refractivity contribution is 7.93. The van der Waals surface area contributed by atoms with Crippen molar-refractivity contribution in [2.45, 2.75) is 150 Å². The van der Waals surface area contributed by atoms with Gasteiger partial charge in [-0.15, -0.1) is 0 Å². The Morgan fingerprint density at radius 1 is 0.477 bits per heavy atom. The number of aromatic nitrogens is 10. The van der Waals surface area contributed by atoms with E-state index in [1.165, 1.54) is 64.1 Å².